The normalized spacial score (nSPS) is 10.8. The Morgan fingerprint density at radius 1 is 1.11 bits per heavy atom. The van der Waals surface area contributed by atoms with Gasteiger partial charge in [-0.1, -0.05) is 6.42 Å². The summed E-state index contributed by atoms with van der Waals surface area (Å²) in [6.07, 6.45) is 2.79. The Labute approximate surface area is 107 Å². The van der Waals surface area contributed by atoms with Crippen LogP contribution in [0.5, 0.6) is 0 Å². The lowest BCUT2D eigenvalue weighted by molar-refractivity contribution is -0.153. The highest BCUT2D eigenvalue weighted by molar-refractivity contribution is 6.00. The van der Waals surface area contributed by atoms with Crippen LogP contribution in [0.25, 0.3) is 0 Å². The predicted octanol–water partition coefficient (Wildman–Crippen LogP) is 0.520. The molecule has 0 aromatic carbocycles. The van der Waals surface area contributed by atoms with E-state index in [1.807, 2.05) is 0 Å². The zero-order chi connectivity index (χ0) is 14.2. The van der Waals surface area contributed by atoms with Crippen molar-refractivity contribution in [3.8, 4) is 0 Å². The number of nitrogens with one attached hydrogen (secondary N) is 2. The number of hydrogen-bond acceptors (Lipinski definition) is 3. The number of rotatable bonds is 8. The Hall–Kier alpha value is -1.59. The van der Waals surface area contributed by atoms with Gasteiger partial charge in [0.2, 0.25) is 11.8 Å². The third kappa shape index (κ3) is 5.65. The molecule has 0 aliphatic rings. The van der Waals surface area contributed by atoms with Gasteiger partial charge in [0, 0.05) is 20.0 Å². The maximum atomic E-state index is 11.5. The van der Waals surface area contributed by atoms with Crippen LogP contribution in [0.2, 0.25) is 0 Å². The van der Waals surface area contributed by atoms with Crippen molar-refractivity contribution in [1.29, 1.82) is 0 Å². The van der Waals surface area contributed by atoms with Crippen LogP contribution in [0.1, 0.15) is 39.5 Å². The zero-order valence-corrected chi connectivity index (χ0v) is 11.2. The Bertz CT molecular complexity index is 313. The molecule has 0 atom stereocenters. The van der Waals surface area contributed by atoms with Gasteiger partial charge < -0.3 is 15.7 Å². The maximum absolute atomic E-state index is 11.5. The van der Waals surface area contributed by atoms with Gasteiger partial charge in [-0.3, -0.25) is 14.4 Å². The molecule has 0 fully saturated rings. The van der Waals surface area contributed by atoms with Gasteiger partial charge in [0.25, 0.3) is 0 Å². The minimum atomic E-state index is -1.40. The largest absolute Gasteiger partial charge is 0.480 e. The van der Waals surface area contributed by atoms with Crippen LogP contribution in [0.3, 0.4) is 0 Å². The van der Waals surface area contributed by atoms with Crippen molar-refractivity contribution in [2.24, 2.45) is 5.41 Å². The molecule has 0 unspecified atom stereocenters. The summed E-state index contributed by atoms with van der Waals surface area (Å²) < 4.78 is 0. The SMILES string of the molecule is CNC(=O)CCCCCNC(=O)C(C)(C)C(=O)O. The monoisotopic (exact) mass is 258 g/mol. The van der Waals surface area contributed by atoms with E-state index in [0.29, 0.717) is 13.0 Å². The molecule has 3 N–H and O–H groups in total. The molecule has 0 aliphatic heterocycles. The summed E-state index contributed by atoms with van der Waals surface area (Å²) in [5.41, 5.74) is -1.40. The van der Waals surface area contributed by atoms with E-state index in [9.17, 15) is 14.4 Å². The van der Waals surface area contributed by atoms with E-state index in [4.69, 9.17) is 5.11 Å². The quantitative estimate of drug-likeness (QED) is 0.437. The van der Waals surface area contributed by atoms with Crippen molar-refractivity contribution < 1.29 is 19.5 Å². The van der Waals surface area contributed by atoms with Gasteiger partial charge in [0.15, 0.2) is 0 Å². The first kappa shape index (κ1) is 16.4. The maximum Gasteiger partial charge on any atom is 0.318 e. The van der Waals surface area contributed by atoms with Crippen molar-refractivity contribution >= 4 is 17.8 Å². The summed E-state index contributed by atoms with van der Waals surface area (Å²) in [7, 11) is 1.59. The lowest BCUT2D eigenvalue weighted by Gasteiger charge is -2.18. The fourth-order valence-corrected chi connectivity index (χ4v) is 1.23. The highest BCUT2D eigenvalue weighted by Gasteiger charge is 2.35. The van der Waals surface area contributed by atoms with Gasteiger partial charge in [-0.05, 0) is 26.7 Å². The molecule has 2 amide bonds. The number of amides is 2. The van der Waals surface area contributed by atoms with Crippen LogP contribution in [-0.4, -0.2) is 36.5 Å². The molecule has 0 spiro atoms. The first-order valence-electron chi connectivity index (χ1n) is 6.04. The van der Waals surface area contributed by atoms with Crippen molar-refractivity contribution in [1.82, 2.24) is 10.6 Å². The zero-order valence-electron chi connectivity index (χ0n) is 11.2. The minimum Gasteiger partial charge on any atom is -0.480 e. The molecule has 6 heteroatoms. The lowest BCUT2D eigenvalue weighted by Crippen LogP contribution is -2.42. The Kier molecular flexibility index (Phi) is 7.00. The third-order valence-electron chi connectivity index (χ3n) is 2.75. The number of carbonyl (C=O) groups is 3. The molecule has 0 radical (unpaired) electrons. The van der Waals surface area contributed by atoms with Gasteiger partial charge in [-0.2, -0.15) is 0 Å². The molecule has 0 aromatic heterocycles. The van der Waals surface area contributed by atoms with Crippen molar-refractivity contribution in [2.75, 3.05) is 13.6 Å². The van der Waals surface area contributed by atoms with E-state index in [2.05, 4.69) is 10.6 Å². The molecular formula is C12H22N2O4. The van der Waals surface area contributed by atoms with E-state index < -0.39 is 17.3 Å². The molecule has 0 aromatic rings. The number of hydrogen-bond donors (Lipinski definition) is 3. The molecule has 0 aliphatic carbocycles. The fraction of sp³-hybridized carbons (Fsp3) is 0.750. The Morgan fingerprint density at radius 2 is 1.72 bits per heavy atom. The van der Waals surface area contributed by atoms with Crippen LogP contribution in [0, 0.1) is 5.41 Å². The van der Waals surface area contributed by atoms with Crippen LogP contribution in [0.4, 0.5) is 0 Å². The molecule has 0 bridgehead atoms. The Balaban J connectivity index is 3.70. The fourth-order valence-electron chi connectivity index (χ4n) is 1.23. The average molecular weight is 258 g/mol. The standard InChI is InChI=1S/C12H22N2O4/c1-12(2,11(17)18)10(16)14-8-6-4-5-7-9(15)13-3/h4-8H2,1-3H3,(H,13,15)(H,14,16)(H,17,18). The van der Waals surface area contributed by atoms with Gasteiger partial charge in [0.1, 0.15) is 5.41 Å². The van der Waals surface area contributed by atoms with Crippen LogP contribution < -0.4 is 10.6 Å². The van der Waals surface area contributed by atoms with Crippen LogP contribution >= 0.6 is 0 Å². The van der Waals surface area contributed by atoms with E-state index in [1.165, 1.54) is 13.8 Å². The van der Waals surface area contributed by atoms with Crippen molar-refractivity contribution in [2.45, 2.75) is 39.5 Å². The lowest BCUT2D eigenvalue weighted by atomic mass is 9.92. The molecule has 18 heavy (non-hydrogen) atoms. The highest BCUT2D eigenvalue weighted by atomic mass is 16.4. The topological polar surface area (TPSA) is 95.5 Å². The van der Waals surface area contributed by atoms with Gasteiger partial charge in [0.05, 0.1) is 0 Å². The smallest absolute Gasteiger partial charge is 0.318 e. The second-order valence-electron chi connectivity index (χ2n) is 4.67. The van der Waals surface area contributed by atoms with Gasteiger partial charge >= 0.3 is 5.97 Å². The summed E-state index contributed by atoms with van der Waals surface area (Å²) in [5.74, 6) is -1.62. The summed E-state index contributed by atoms with van der Waals surface area (Å²) in [4.78, 5) is 33.3. The second-order valence-corrected chi connectivity index (χ2v) is 4.67. The molecule has 0 saturated heterocycles. The van der Waals surface area contributed by atoms with Crippen molar-refractivity contribution in [3.63, 3.8) is 0 Å². The first-order chi connectivity index (χ1) is 8.32. The number of carboxylic acid groups (broad SMARTS) is 1. The predicted molar refractivity (Wildman–Crippen MR) is 67.0 cm³/mol. The number of carboxylic acids is 1. The van der Waals surface area contributed by atoms with Gasteiger partial charge in [-0.25, -0.2) is 0 Å². The van der Waals surface area contributed by atoms with E-state index in [-0.39, 0.29) is 5.91 Å². The second kappa shape index (κ2) is 7.68. The number of carbonyl (C=O) groups excluding carboxylic acids is 2. The van der Waals surface area contributed by atoms with E-state index >= 15 is 0 Å². The molecule has 0 saturated carbocycles. The van der Waals surface area contributed by atoms with Crippen LogP contribution in [-0.2, 0) is 14.4 Å². The number of aliphatic carboxylic acids is 1. The summed E-state index contributed by atoms with van der Waals surface area (Å²) in [6, 6.07) is 0. The molecule has 0 heterocycles. The summed E-state index contributed by atoms with van der Waals surface area (Å²) in [5, 5.41) is 14.0. The molecule has 6 nitrogen and oxygen atoms in total. The summed E-state index contributed by atoms with van der Waals surface area (Å²) in [6.45, 7) is 3.18. The third-order valence-corrected chi connectivity index (χ3v) is 2.75. The molecule has 0 rings (SSSR count). The van der Waals surface area contributed by atoms with Crippen molar-refractivity contribution in [3.05, 3.63) is 0 Å². The minimum absolute atomic E-state index is 0.00560. The Morgan fingerprint density at radius 3 is 2.22 bits per heavy atom. The summed E-state index contributed by atoms with van der Waals surface area (Å²) >= 11 is 0. The molecule has 104 valence electrons. The van der Waals surface area contributed by atoms with Crippen LogP contribution in [0.15, 0.2) is 0 Å². The highest BCUT2D eigenvalue weighted by Crippen LogP contribution is 2.14. The van der Waals surface area contributed by atoms with Gasteiger partial charge in [-0.15, -0.1) is 0 Å². The molecular weight excluding hydrogens is 236 g/mol. The van der Waals surface area contributed by atoms with E-state index in [0.717, 1.165) is 19.3 Å². The first-order valence-corrected chi connectivity index (χ1v) is 6.04. The average Bonchev–Trinajstić information content (AvgIpc) is 2.32. The van der Waals surface area contributed by atoms with E-state index in [1.54, 1.807) is 7.05 Å². The number of unbranched alkanes of at least 4 members (excludes halogenated alkanes) is 2.